The van der Waals surface area contributed by atoms with E-state index in [1.807, 2.05) is 19.1 Å². The van der Waals surface area contributed by atoms with Crippen LogP contribution >= 0.6 is 0 Å². The largest absolute Gasteiger partial charge is 0.465 e. The van der Waals surface area contributed by atoms with Gasteiger partial charge in [0.2, 0.25) is 0 Å². The van der Waals surface area contributed by atoms with Crippen molar-refractivity contribution in [1.82, 2.24) is 0 Å². The number of ether oxygens (including phenoxy) is 1. The molecule has 98 valence electrons. The fourth-order valence-electron chi connectivity index (χ4n) is 2.49. The molecule has 1 aliphatic rings. The third kappa shape index (κ3) is 2.64. The molecule has 0 saturated heterocycles. The van der Waals surface area contributed by atoms with E-state index in [-0.39, 0.29) is 5.97 Å². The summed E-state index contributed by atoms with van der Waals surface area (Å²) in [7, 11) is 1.40. The maximum atomic E-state index is 11.6. The van der Waals surface area contributed by atoms with Crippen LogP contribution in [0.4, 0.5) is 5.69 Å². The van der Waals surface area contributed by atoms with Crippen molar-refractivity contribution < 1.29 is 9.53 Å². The topological polar surface area (TPSA) is 64.3 Å². The third-order valence-electron chi connectivity index (χ3n) is 3.57. The van der Waals surface area contributed by atoms with Gasteiger partial charge in [0.1, 0.15) is 0 Å². The maximum Gasteiger partial charge on any atom is 0.338 e. The summed E-state index contributed by atoms with van der Waals surface area (Å²) in [6, 6.07) is 6.35. The van der Waals surface area contributed by atoms with Crippen molar-refractivity contribution in [3.63, 3.8) is 0 Å². The molecule has 1 fully saturated rings. The number of methoxy groups -OCH3 is 1. The number of nitrogens with one attached hydrogen (secondary N) is 1. The van der Waals surface area contributed by atoms with Crippen molar-refractivity contribution in [3.05, 3.63) is 29.3 Å². The molecule has 0 heterocycles. The van der Waals surface area contributed by atoms with Crippen LogP contribution < -0.4 is 11.1 Å². The summed E-state index contributed by atoms with van der Waals surface area (Å²) in [5.41, 5.74) is 8.45. The molecule has 4 heteroatoms. The molecule has 0 radical (unpaired) electrons. The van der Waals surface area contributed by atoms with Gasteiger partial charge in [-0.15, -0.1) is 0 Å². The number of benzene rings is 1. The zero-order valence-electron chi connectivity index (χ0n) is 10.9. The Morgan fingerprint density at radius 3 is 2.83 bits per heavy atom. The highest BCUT2D eigenvalue weighted by Crippen LogP contribution is 2.25. The van der Waals surface area contributed by atoms with E-state index >= 15 is 0 Å². The molecule has 1 aliphatic carbocycles. The predicted octanol–water partition coefficient (Wildman–Crippen LogP) is 2.07. The monoisotopic (exact) mass is 248 g/mol. The van der Waals surface area contributed by atoms with Gasteiger partial charge in [-0.25, -0.2) is 4.79 Å². The lowest BCUT2D eigenvalue weighted by Gasteiger charge is -2.17. The van der Waals surface area contributed by atoms with Crippen LogP contribution in [0, 0.1) is 6.92 Å². The summed E-state index contributed by atoms with van der Waals surface area (Å²) in [5.74, 6) is -0.292. The second-order valence-electron chi connectivity index (χ2n) is 4.88. The predicted molar refractivity (Wildman–Crippen MR) is 71.8 cm³/mol. The molecule has 0 amide bonds. The van der Waals surface area contributed by atoms with Gasteiger partial charge in [-0.3, -0.25) is 0 Å². The summed E-state index contributed by atoms with van der Waals surface area (Å²) >= 11 is 0. The first-order valence-electron chi connectivity index (χ1n) is 6.32. The minimum atomic E-state index is -0.292. The van der Waals surface area contributed by atoms with Crippen molar-refractivity contribution in [2.45, 2.75) is 38.3 Å². The van der Waals surface area contributed by atoms with E-state index in [0.717, 1.165) is 30.5 Å². The van der Waals surface area contributed by atoms with Crippen LogP contribution in [0.3, 0.4) is 0 Å². The van der Waals surface area contributed by atoms with Crippen LogP contribution in [0.1, 0.15) is 35.2 Å². The number of carbonyl (C=O) groups is 1. The number of anilines is 1. The molecule has 0 aliphatic heterocycles. The minimum Gasteiger partial charge on any atom is -0.465 e. The second-order valence-corrected chi connectivity index (χ2v) is 4.88. The van der Waals surface area contributed by atoms with Gasteiger partial charge in [0, 0.05) is 17.8 Å². The Morgan fingerprint density at radius 2 is 2.22 bits per heavy atom. The van der Waals surface area contributed by atoms with E-state index in [0.29, 0.717) is 17.6 Å². The number of esters is 1. The molecule has 3 N–H and O–H groups in total. The molecule has 0 bridgehead atoms. The summed E-state index contributed by atoms with van der Waals surface area (Å²) < 4.78 is 4.77. The van der Waals surface area contributed by atoms with Crippen LogP contribution in [-0.4, -0.2) is 25.2 Å². The minimum absolute atomic E-state index is 0.292. The smallest absolute Gasteiger partial charge is 0.338 e. The van der Waals surface area contributed by atoms with E-state index in [9.17, 15) is 4.79 Å². The van der Waals surface area contributed by atoms with Crippen molar-refractivity contribution in [2.75, 3.05) is 12.4 Å². The number of rotatable bonds is 3. The average Bonchev–Trinajstić information content (AvgIpc) is 2.76. The number of carbonyl (C=O) groups excluding carboxylic acids is 1. The number of hydrogen-bond donors (Lipinski definition) is 2. The Kier molecular flexibility index (Phi) is 3.87. The Balaban J connectivity index is 2.16. The van der Waals surface area contributed by atoms with Crippen LogP contribution in [-0.2, 0) is 4.74 Å². The van der Waals surface area contributed by atoms with Crippen molar-refractivity contribution in [2.24, 2.45) is 5.73 Å². The molecule has 18 heavy (non-hydrogen) atoms. The normalized spacial score (nSPS) is 22.8. The first-order valence-corrected chi connectivity index (χ1v) is 6.32. The molecule has 1 aromatic rings. The summed E-state index contributed by atoms with van der Waals surface area (Å²) in [5, 5.41) is 3.47. The Morgan fingerprint density at radius 1 is 1.44 bits per heavy atom. The molecule has 1 saturated carbocycles. The SMILES string of the molecule is COC(=O)c1cccc(NC2CCC(N)C2)c1C. The molecule has 2 rings (SSSR count). The van der Waals surface area contributed by atoms with Crippen molar-refractivity contribution in [3.8, 4) is 0 Å². The van der Waals surface area contributed by atoms with E-state index < -0.39 is 0 Å². The van der Waals surface area contributed by atoms with Crippen LogP contribution in [0.15, 0.2) is 18.2 Å². The quantitative estimate of drug-likeness (QED) is 0.804. The van der Waals surface area contributed by atoms with E-state index in [4.69, 9.17) is 10.5 Å². The van der Waals surface area contributed by atoms with E-state index in [1.165, 1.54) is 7.11 Å². The molecule has 1 aromatic carbocycles. The third-order valence-corrected chi connectivity index (χ3v) is 3.57. The first-order chi connectivity index (χ1) is 8.61. The molecule has 2 atom stereocenters. The van der Waals surface area contributed by atoms with Crippen LogP contribution in [0.5, 0.6) is 0 Å². The lowest BCUT2D eigenvalue weighted by atomic mass is 10.1. The van der Waals surface area contributed by atoms with Gasteiger partial charge in [0.05, 0.1) is 12.7 Å². The average molecular weight is 248 g/mol. The molecular formula is C14H20N2O2. The second kappa shape index (κ2) is 5.40. The Hall–Kier alpha value is -1.55. The molecule has 0 aromatic heterocycles. The van der Waals surface area contributed by atoms with E-state index in [1.54, 1.807) is 6.07 Å². The first kappa shape index (κ1) is 12.9. The zero-order chi connectivity index (χ0) is 13.1. The highest BCUT2D eigenvalue weighted by atomic mass is 16.5. The number of hydrogen-bond acceptors (Lipinski definition) is 4. The van der Waals surface area contributed by atoms with Gasteiger partial charge < -0.3 is 15.8 Å². The molecule has 2 unspecified atom stereocenters. The Bertz CT molecular complexity index is 445. The highest BCUT2D eigenvalue weighted by molar-refractivity contribution is 5.92. The fraction of sp³-hybridized carbons (Fsp3) is 0.500. The standard InChI is InChI=1S/C14H20N2O2/c1-9-12(14(17)18-2)4-3-5-13(9)16-11-7-6-10(15)8-11/h3-5,10-11,16H,6-8,15H2,1-2H3. The number of nitrogens with two attached hydrogens (primary N) is 1. The highest BCUT2D eigenvalue weighted by Gasteiger charge is 2.22. The van der Waals surface area contributed by atoms with Crippen molar-refractivity contribution >= 4 is 11.7 Å². The van der Waals surface area contributed by atoms with Gasteiger partial charge in [-0.05, 0) is 43.9 Å². The lowest BCUT2D eigenvalue weighted by molar-refractivity contribution is 0.0600. The molecule has 4 nitrogen and oxygen atoms in total. The van der Waals surface area contributed by atoms with Gasteiger partial charge in [-0.2, -0.15) is 0 Å². The van der Waals surface area contributed by atoms with Gasteiger partial charge >= 0.3 is 5.97 Å². The fourth-order valence-corrected chi connectivity index (χ4v) is 2.49. The summed E-state index contributed by atoms with van der Waals surface area (Å²) in [4.78, 5) is 11.6. The van der Waals surface area contributed by atoms with Crippen molar-refractivity contribution in [1.29, 1.82) is 0 Å². The van der Waals surface area contributed by atoms with Gasteiger partial charge in [-0.1, -0.05) is 6.07 Å². The van der Waals surface area contributed by atoms with Crippen LogP contribution in [0.25, 0.3) is 0 Å². The molecular weight excluding hydrogens is 228 g/mol. The molecule has 0 spiro atoms. The zero-order valence-corrected chi connectivity index (χ0v) is 10.9. The summed E-state index contributed by atoms with van der Waals surface area (Å²) in [6.07, 6.45) is 3.14. The van der Waals surface area contributed by atoms with Gasteiger partial charge in [0.25, 0.3) is 0 Å². The summed E-state index contributed by atoms with van der Waals surface area (Å²) in [6.45, 7) is 1.93. The van der Waals surface area contributed by atoms with Crippen LogP contribution in [0.2, 0.25) is 0 Å². The van der Waals surface area contributed by atoms with Gasteiger partial charge in [0.15, 0.2) is 0 Å². The maximum absolute atomic E-state index is 11.6. The van der Waals surface area contributed by atoms with E-state index in [2.05, 4.69) is 5.32 Å². The lowest BCUT2D eigenvalue weighted by Crippen LogP contribution is -2.21. The Labute approximate surface area is 108 Å².